The molecule has 120 valence electrons. The highest BCUT2D eigenvalue weighted by Crippen LogP contribution is 2.48. The van der Waals surface area contributed by atoms with Crippen molar-refractivity contribution in [2.75, 3.05) is 12.4 Å². The molecule has 0 radical (unpaired) electrons. The maximum absolute atomic E-state index is 12.0. The predicted molar refractivity (Wildman–Crippen MR) is 73.9 cm³/mol. The minimum Gasteiger partial charge on any atom is -0.481 e. The van der Waals surface area contributed by atoms with Gasteiger partial charge in [0.15, 0.2) is 0 Å². The van der Waals surface area contributed by atoms with Gasteiger partial charge in [0.2, 0.25) is 10.0 Å². The van der Waals surface area contributed by atoms with Crippen LogP contribution in [0, 0.1) is 17.8 Å². The van der Waals surface area contributed by atoms with Crippen molar-refractivity contribution in [1.29, 1.82) is 0 Å². The van der Waals surface area contributed by atoms with E-state index in [4.69, 9.17) is 4.74 Å². The van der Waals surface area contributed by atoms with E-state index >= 15 is 0 Å². The van der Waals surface area contributed by atoms with Crippen molar-refractivity contribution in [3.63, 3.8) is 0 Å². The Kier molecular flexibility index (Phi) is 4.88. The van der Waals surface area contributed by atoms with E-state index in [-0.39, 0.29) is 30.6 Å². The first-order valence-corrected chi connectivity index (χ1v) is 8.87. The minimum absolute atomic E-state index is 0.0604. The lowest BCUT2D eigenvalue weighted by Gasteiger charge is -2.28. The summed E-state index contributed by atoms with van der Waals surface area (Å²) >= 11 is 0. The molecule has 21 heavy (non-hydrogen) atoms. The summed E-state index contributed by atoms with van der Waals surface area (Å²) in [6.07, 6.45) is 2.26. The van der Waals surface area contributed by atoms with E-state index < -0.39 is 33.9 Å². The number of hydrogen-bond donors (Lipinski definition) is 2. The van der Waals surface area contributed by atoms with Gasteiger partial charge in [-0.2, -0.15) is 0 Å². The first-order valence-electron chi connectivity index (χ1n) is 7.22. The standard InChI is InChI=1S/C13H21NO6S/c1-2-20-10(15)5-6-21(18,19)14-12-9-4-3-8(7-9)11(12)13(16)17/h8-9,11-12,14H,2-7H2,1H3,(H,16,17). The molecule has 7 nitrogen and oxygen atoms in total. The van der Waals surface area contributed by atoms with Crippen LogP contribution in [0.15, 0.2) is 0 Å². The van der Waals surface area contributed by atoms with Crippen LogP contribution in [0.3, 0.4) is 0 Å². The number of fused-ring (bicyclic) bond motifs is 2. The average molecular weight is 319 g/mol. The van der Waals surface area contributed by atoms with Crippen LogP contribution >= 0.6 is 0 Å². The Morgan fingerprint density at radius 3 is 2.57 bits per heavy atom. The van der Waals surface area contributed by atoms with Gasteiger partial charge in [-0.25, -0.2) is 13.1 Å². The summed E-state index contributed by atoms with van der Waals surface area (Å²) < 4.78 is 31.2. The van der Waals surface area contributed by atoms with Gasteiger partial charge < -0.3 is 9.84 Å². The quantitative estimate of drug-likeness (QED) is 0.656. The van der Waals surface area contributed by atoms with Gasteiger partial charge in [-0.3, -0.25) is 9.59 Å². The van der Waals surface area contributed by atoms with Crippen LogP contribution in [0.5, 0.6) is 0 Å². The molecule has 4 atom stereocenters. The SMILES string of the molecule is CCOC(=O)CCS(=O)(=O)NC1C2CCC(C2)C1C(=O)O. The summed E-state index contributed by atoms with van der Waals surface area (Å²) in [5.41, 5.74) is 0. The maximum atomic E-state index is 12.0. The molecule has 0 saturated heterocycles. The third kappa shape index (κ3) is 3.74. The molecule has 2 N–H and O–H groups in total. The monoisotopic (exact) mass is 319 g/mol. The van der Waals surface area contributed by atoms with Gasteiger partial charge in [-0.1, -0.05) is 0 Å². The molecule has 0 aliphatic heterocycles. The lowest BCUT2D eigenvalue weighted by atomic mass is 9.85. The molecule has 0 heterocycles. The second kappa shape index (κ2) is 6.31. The second-order valence-electron chi connectivity index (χ2n) is 5.71. The molecule has 2 rings (SSSR count). The van der Waals surface area contributed by atoms with Crippen molar-refractivity contribution in [3.8, 4) is 0 Å². The summed E-state index contributed by atoms with van der Waals surface area (Å²) in [5, 5.41) is 9.28. The van der Waals surface area contributed by atoms with Gasteiger partial charge in [0.05, 0.1) is 24.7 Å². The number of esters is 1. The van der Waals surface area contributed by atoms with Crippen LogP contribution < -0.4 is 4.72 Å². The number of aliphatic carboxylic acids is 1. The smallest absolute Gasteiger partial charge is 0.308 e. The van der Waals surface area contributed by atoms with Gasteiger partial charge in [0, 0.05) is 6.04 Å². The number of hydrogen-bond acceptors (Lipinski definition) is 5. The van der Waals surface area contributed by atoms with Crippen LogP contribution in [-0.4, -0.2) is 43.9 Å². The van der Waals surface area contributed by atoms with Crippen LogP contribution in [-0.2, 0) is 24.3 Å². The largest absolute Gasteiger partial charge is 0.481 e. The van der Waals surface area contributed by atoms with Crippen LogP contribution in [0.2, 0.25) is 0 Å². The summed E-state index contributed by atoms with van der Waals surface area (Å²) in [6, 6.07) is -0.548. The zero-order valence-corrected chi connectivity index (χ0v) is 12.8. The van der Waals surface area contributed by atoms with Crippen molar-refractivity contribution >= 4 is 22.0 Å². The lowest BCUT2D eigenvalue weighted by molar-refractivity contribution is -0.144. The van der Waals surface area contributed by atoms with E-state index in [1.807, 2.05) is 0 Å². The Morgan fingerprint density at radius 2 is 1.95 bits per heavy atom. The molecule has 2 aliphatic carbocycles. The highest BCUT2D eigenvalue weighted by Gasteiger charge is 2.52. The van der Waals surface area contributed by atoms with Crippen molar-refractivity contribution in [3.05, 3.63) is 0 Å². The summed E-state index contributed by atoms with van der Waals surface area (Å²) in [7, 11) is -3.68. The van der Waals surface area contributed by atoms with E-state index in [9.17, 15) is 23.1 Å². The third-order valence-electron chi connectivity index (χ3n) is 4.40. The third-order valence-corrected chi connectivity index (χ3v) is 5.77. The van der Waals surface area contributed by atoms with E-state index in [1.54, 1.807) is 6.92 Å². The van der Waals surface area contributed by atoms with Crippen LogP contribution in [0.4, 0.5) is 0 Å². The molecule has 2 aliphatic rings. The maximum Gasteiger partial charge on any atom is 0.308 e. The zero-order valence-electron chi connectivity index (χ0n) is 11.9. The number of carbonyl (C=O) groups excluding carboxylic acids is 1. The second-order valence-corrected chi connectivity index (χ2v) is 7.59. The molecule has 2 saturated carbocycles. The van der Waals surface area contributed by atoms with Gasteiger partial charge in [-0.05, 0) is 38.0 Å². The fourth-order valence-corrected chi connectivity index (χ4v) is 4.84. The molecule has 0 aromatic heterocycles. The van der Waals surface area contributed by atoms with Gasteiger partial charge in [-0.15, -0.1) is 0 Å². The van der Waals surface area contributed by atoms with Crippen molar-refractivity contribution in [2.45, 2.75) is 38.6 Å². The Bertz CT molecular complexity index is 517. The number of carboxylic acids is 1. The number of carboxylic acid groups (broad SMARTS) is 1. The predicted octanol–water partition coefficient (Wildman–Crippen LogP) is 0.358. The van der Waals surface area contributed by atoms with Gasteiger partial charge in [0.1, 0.15) is 0 Å². The molecule has 0 aromatic rings. The van der Waals surface area contributed by atoms with Gasteiger partial charge in [0.25, 0.3) is 0 Å². The Morgan fingerprint density at radius 1 is 1.29 bits per heavy atom. The summed E-state index contributed by atoms with van der Waals surface area (Å²) in [4.78, 5) is 22.5. The minimum atomic E-state index is -3.68. The first-order chi connectivity index (χ1) is 9.84. The van der Waals surface area contributed by atoms with E-state index in [0.29, 0.717) is 0 Å². The zero-order chi connectivity index (χ0) is 15.6. The molecular weight excluding hydrogens is 298 g/mol. The summed E-state index contributed by atoms with van der Waals surface area (Å²) in [6.45, 7) is 1.86. The lowest BCUT2D eigenvalue weighted by Crippen LogP contribution is -2.47. The number of nitrogens with one attached hydrogen (secondary N) is 1. The molecule has 2 fully saturated rings. The molecule has 8 heteroatoms. The highest BCUT2D eigenvalue weighted by atomic mass is 32.2. The Balaban J connectivity index is 1.96. The molecule has 0 spiro atoms. The van der Waals surface area contributed by atoms with E-state index in [1.165, 1.54) is 0 Å². The van der Waals surface area contributed by atoms with Crippen LogP contribution in [0.25, 0.3) is 0 Å². The van der Waals surface area contributed by atoms with E-state index in [0.717, 1.165) is 19.3 Å². The number of sulfonamides is 1. The Labute approximate surface area is 124 Å². The fraction of sp³-hybridized carbons (Fsp3) is 0.846. The highest BCUT2D eigenvalue weighted by molar-refractivity contribution is 7.89. The molecule has 2 bridgehead atoms. The first kappa shape index (κ1) is 16.2. The molecular formula is C13H21NO6S. The molecule has 0 aromatic carbocycles. The van der Waals surface area contributed by atoms with Gasteiger partial charge >= 0.3 is 11.9 Å². The topological polar surface area (TPSA) is 110 Å². The average Bonchev–Trinajstić information content (AvgIpc) is 2.97. The molecule has 0 amide bonds. The van der Waals surface area contributed by atoms with Crippen molar-refractivity contribution in [2.24, 2.45) is 17.8 Å². The molecule has 4 unspecified atom stereocenters. The fourth-order valence-electron chi connectivity index (χ4n) is 3.53. The van der Waals surface area contributed by atoms with Crippen molar-refractivity contribution in [1.82, 2.24) is 4.72 Å². The van der Waals surface area contributed by atoms with E-state index in [2.05, 4.69) is 4.72 Å². The number of rotatable bonds is 7. The number of carbonyl (C=O) groups is 2. The van der Waals surface area contributed by atoms with Crippen molar-refractivity contribution < 1.29 is 27.9 Å². The Hall–Kier alpha value is -1.15. The number of ether oxygens (including phenoxy) is 1. The summed E-state index contributed by atoms with van der Waals surface area (Å²) in [5.74, 6) is -2.38. The van der Waals surface area contributed by atoms with Crippen LogP contribution in [0.1, 0.15) is 32.6 Å². The normalized spacial score (nSPS) is 31.3.